The molecule has 0 atom stereocenters. The van der Waals surface area contributed by atoms with Crippen molar-refractivity contribution >= 4 is 27.7 Å². The van der Waals surface area contributed by atoms with Gasteiger partial charge in [0, 0.05) is 16.6 Å². The summed E-state index contributed by atoms with van der Waals surface area (Å²) in [5.41, 5.74) is 0.894. The summed E-state index contributed by atoms with van der Waals surface area (Å²) in [7, 11) is 0. The number of benzene rings is 1. The quantitative estimate of drug-likeness (QED) is 0.504. The maximum Gasteiger partial charge on any atom is 0.210 e. The highest BCUT2D eigenvalue weighted by Gasteiger charge is 2.15. The third-order valence-corrected chi connectivity index (χ3v) is 4.78. The van der Waals surface area contributed by atoms with Crippen LogP contribution in [0, 0.1) is 0 Å². The minimum atomic E-state index is 0.582. The van der Waals surface area contributed by atoms with Crippen LogP contribution in [-0.4, -0.2) is 35.1 Å². The summed E-state index contributed by atoms with van der Waals surface area (Å²) in [6, 6.07) is 7.75. The Morgan fingerprint density at radius 2 is 2.04 bits per heavy atom. The number of thioether (sulfide) groups is 1. The topological polar surface area (TPSA) is 100 Å². The van der Waals surface area contributed by atoms with Crippen molar-refractivity contribution in [3.63, 3.8) is 0 Å². The van der Waals surface area contributed by atoms with Crippen molar-refractivity contribution < 1.29 is 0 Å². The average Bonchev–Trinajstić information content (AvgIpc) is 3.13. The van der Waals surface area contributed by atoms with Gasteiger partial charge in [0.25, 0.3) is 0 Å². The predicted molar refractivity (Wildman–Crippen MR) is 91.0 cm³/mol. The predicted octanol–water partition coefficient (Wildman–Crippen LogP) is 2.11. The fourth-order valence-corrected chi connectivity index (χ4v) is 3.29. The van der Waals surface area contributed by atoms with Crippen LogP contribution in [0.5, 0.6) is 0 Å². The van der Waals surface area contributed by atoms with Gasteiger partial charge in [0.05, 0.1) is 5.75 Å². The molecule has 2 N–H and O–H groups in total. The molecule has 2 aromatic heterocycles. The fraction of sp³-hybridized carbons (Fsp3) is 0.308. The Morgan fingerprint density at radius 3 is 2.83 bits per heavy atom. The van der Waals surface area contributed by atoms with Crippen LogP contribution in [0.2, 0.25) is 0 Å². The van der Waals surface area contributed by atoms with E-state index in [1.807, 2.05) is 24.3 Å². The fourth-order valence-electron chi connectivity index (χ4n) is 2.04. The minimum absolute atomic E-state index is 0.582. The van der Waals surface area contributed by atoms with E-state index >= 15 is 0 Å². The molecular formula is C13H15BrN8S. The first-order valence-electron chi connectivity index (χ1n) is 7.04. The highest BCUT2D eigenvalue weighted by atomic mass is 79.9. The van der Waals surface area contributed by atoms with E-state index in [2.05, 4.69) is 48.6 Å². The molecular weight excluding hydrogens is 380 g/mol. The van der Waals surface area contributed by atoms with Crippen LogP contribution in [0.25, 0.3) is 11.4 Å². The van der Waals surface area contributed by atoms with Crippen LogP contribution in [0.1, 0.15) is 19.2 Å². The van der Waals surface area contributed by atoms with Crippen LogP contribution in [0.15, 0.2) is 33.9 Å². The Balaban J connectivity index is 1.78. The van der Waals surface area contributed by atoms with Crippen molar-refractivity contribution in [1.82, 2.24) is 35.1 Å². The summed E-state index contributed by atoms with van der Waals surface area (Å²) in [5.74, 6) is 8.11. The molecule has 1 aromatic carbocycles. The Kier molecular flexibility index (Phi) is 4.91. The van der Waals surface area contributed by atoms with Crippen molar-refractivity contribution in [3.05, 3.63) is 34.6 Å². The van der Waals surface area contributed by atoms with Crippen molar-refractivity contribution in [1.29, 1.82) is 0 Å². The molecule has 10 heteroatoms. The maximum absolute atomic E-state index is 6.13. The molecule has 3 rings (SSSR count). The SMILES string of the molecule is CCCn1nnnc1CSc1nnc(-c2ccccc2Br)n1N. The average molecular weight is 395 g/mol. The van der Waals surface area contributed by atoms with Crippen molar-refractivity contribution in [2.45, 2.75) is 30.8 Å². The lowest BCUT2D eigenvalue weighted by Gasteiger charge is -2.05. The van der Waals surface area contributed by atoms with E-state index in [0.29, 0.717) is 16.7 Å². The number of tetrazole rings is 1. The van der Waals surface area contributed by atoms with E-state index < -0.39 is 0 Å². The van der Waals surface area contributed by atoms with Gasteiger partial charge >= 0.3 is 0 Å². The summed E-state index contributed by atoms with van der Waals surface area (Å²) >= 11 is 4.95. The van der Waals surface area contributed by atoms with E-state index in [1.54, 1.807) is 4.68 Å². The number of hydrogen-bond acceptors (Lipinski definition) is 7. The van der Waals surface area contributed by atoms with Crippen LogP contribution < -0.4 is 5.84 Å². The molecule has 0 aliphatic carbocycles. The molecule has 0 aliphatic rings. The molecule has 0 aliphatic heterocycles. The number of rotatable bonds is 6. The van der Waals surface area contributed by atoms with Crippen molar-refractivity contribution in [2.24, 2.45) is 0 Å². The van der Waals surface area contributed by atoms with Gasteiger partial charge in [-0.1, -0.05) is 46.7 Å². The first-order valence-corrected chi connectivity index (χ1v) is 8.81. The largest absolute Gasteiger partial charge is 0.335 e. The molecule has 0 unspecified atom stereocenters. The Labute approximate surface area is 145 Å². The zero-order valence-electron chi connectivity index (χ0n) is 12.4. The lowest BCUT2D eigenvalue weighted by molar-refractivity contribution is 0.564. The van der Waals surface area contributed by atoms with Crippen molar-refractivity contribution in [2.75, 3.05) is 5.84 Å². The number of nitrogens with zero attached hydrogens (tertiary/aromatic N) is 7. The van der Waals surface area contributed by atoms with Gasteiger partial charge in [0.2, 0.25) is 5.16 Å². The lowest BCUT2D eigenvalue weighted by atomic mass is 10.2. The van der Waals surface area contributed by atoms with Crippen LogP contribution in [0.4, 0.5) is 0 Å². The van der Waals surface area contributed by atoms with Gasteiger partial charge in [-0.05, 0) is 29.0 Å². The monoisotopic (exact) mass is 394 g/mol. The van der Waals surface area contributed by atoms with Gasteiger partial charge in [-0.15, -0.1) is 15.3 Å². The number of halogens is 1. The van der Waals surface area contributed by atoms with Gasteiger partial charge in [-0.3, -0.25) is 0 Å². The molecule has 8 nitrogen and oxygen atoms in total. The van der Waals surface area contributed by atoms with Crippen molar-refractivity contribution in [3.8, 4) is 11.4 Å². The van der Waals surface area contributed by atoms with E-state index in [0.717, 1.165) is 28.8 Å². The number of nitrogen functional groups attached to an aromatic ring is 1. The Hall–Kier alpha value is -1.94. The molecule has 0 spiro atoms. The summed E-state index contributed by atoms with van der Waals surface area (Å²) in [6.07, 6.45) is 0.974. The second kappa shape index (κ2) is 7.09. The summed E-state index contributed by atoms with van der Waals surface area (Å²) < 4.78 is 4.19. The second-order valence-electron chi connectivity index (χ2n) is 4.76. The number of aryl methyl sites for hydroxylation is 1. The molecule has 0 bridgehead atoms. The highest BCUT2D eigenvalue weighted by molar-refractivity contribution is 9.10. The molecule has 0 amide bonds. The van der Waals surface area contributed by atoms with E-state index in [9.17, 15) is 0 Å². The van der Waals surface area contributed by atoms with Gasteiger partial charge in [0.1, 0.15) is 0 Å². The molecule has 120 valence electrons. The van der Waals surface area contributed by atoms with Gasteiger partial charge in [0.15, 0.2) is 11.6 Å². The van der Waals surface area contributed by atoms with Gasteiger partial charge in [-0.2, -0.15) is 0 Å². The molecule has 0 fully saturated rings. The first-order chi connectivity index (χ1) is 11.2. The summed E-state index contributed by atoms with van der Waals surface area (Å²) in [5, 5.41) is 20.7. The third kappa shape index (κ3) is 3.37. The summed E-state index contributed by atoms with van der Waals surface area (Å²) in [4.78, 5) is 0. The zero-order valence-corrected chi connectivity index (χ0v) is 14.8. The standard InChI is InChI=1S/C13H15BrN8S/c1-2-7-21-11(16-19-20-21)8-23-13-18-17-12(22(13)15)9-5-3-4-6-10(9)14/h3-6H,2,7-8,15H2,1H3. The van der Waals surface area contributed by atoms with E-state index in [1.165, 1.54) is 16.4 Å². The Morgan fingerprint density at radius 1 is 1.22 bits per heavy atom. The highest BCUT2D eigenvalue weighted by Crippen LogP contribution is 2.28. The van der Waals surface area contributed by atoms with E-state index in [4.69, 9.17) is 5.84 Å². The molecule has 0 saturated carbocycles. The smallest absolute Gasteiger partial charge is 0.210 e. The molecule has 0 radical (unpaired) electrons. The lowest BCUT2D eigenvalue weighted by Crippen LogP contribution is -2.12. The number of hydrogen-bond donors (Lipinski definition) is 1. The summed E-state index contributed by atoms with van der Waals surface area (Å²) in [6.45, 7) is 2.87. The third-order valence-electron chi connectivity index (χ3n) is 3.15. The van der Waals surface area contributed by atoms with Crippen LogP contribution in [0.3, 0.4) is 0 Å². The number of nitrogens with two attached hydrogens (primary N) is 1. The Bertz CT molecular complexity index is 799. The van der Waals surface area contributed by atoms with Crippen LogP contribution >= 0.6 is 27.7 Å². The van der Waals surface area contributed by atoms with Crippen LogP contribution in [-0.2, 0) is 12.3 Å². The first kappa shape index (κ1) is 15.9. The van der Waals surface area contributed by atoms with Gasteiger partial charge < -0.3 is 5.84 Å². The molecule has 0 saturated heterocycles. The maximum atomic E-state index is 6.13. The molecule has 3 aromatic rings. The number of aromatic nitrogens is 7. The van der Waals surface area contributed by atoms with E-state index in [-0.39, 0.29) is 0 Å². The second-order valence-corrected chi connectivity index (χ2v) is 6.56. The normalized spacial score (nSPS) is 11.0. The minimum Gasteiger partial charge on any atom is -0.335 e. The van der Waals surface area contributed by atoms with Gasteiger partial charge in [-0.25, -0.2) is 9.36 Å². The molecule has 2 heterocycles. The molecule has 23 heavy (non-hydrogen) atoms. The zero-order chi connectivity index (χ0) is 16.2.